The van der Waals surface area contributed by atoms with E-state index in [9.17, 15) is 4.79 Å². The van der Waals surface area contributed by atoms with Crippen LogP contribution >= 0.6 is 15.9 Å². The number of carbonyl (C=O) groups is 1. The van der Waals surface area contributed by atoms with Gasteiger partial charge in [-0.25, -0.2) is 4.79 Å². The zero-order valence-corrected chi connectivity index (χ0v) is 9.81. The third kappa shape index (κ3) is 2.12. The number of pyridine rings is 1. The van der Waals surface area contributed by atoms with E-state index in [2.05, 4.69) is 20.9 Å². The fraction of sp³-hybridized carbons (Fsp3) is 0. The Morgan fingerprint density at radius 3 is 2.50 bits per heavy atom. The van der Waals surface area contributed by atoms with Gasteiger partial charge in [0.05, 0.1) is 5.56 Å². The molecule has 0 atom stereocenters. The van der Waals surface area contributed by atoms with Crippen molar-refractivity contribution in [3.63, 3.8) is 0 Å². The molecular formula is C12H8BrNO2. The van der Waals surface area contributed by atoms with Gasteiger partial charge in [-0.2, -0.15) is 0 Å². The van der Waals surface area contributed by atoms with Gasteiger partial charge in [-0.05, 0) is 23.8 Å². The second kappa shape index (κ2) is 4.45. The lowest BCUT2D eigenvalue weighted by Gasteiger charge is -2.05. The van der Waals surface area contributed by atoms with Gasteiger partial charge in [0.25, 0.3) is 0 Å². The van der Waals surface area contributed by atoms with Gasteiger partial charge in [-0.1, -0.05) is 28.1 Å². The van der Waals surface area contributed by atoms with Crippen molar-refractivity contribution >= 4 is 21.9 Å². The topological polar surface area (TPSA) is 50.2 Å². The van der Waals surface area contributed by atoms with E-state index < -0.39 is 5.97 Å². The van der Waals surface area contributed by atoms with Crippen LogP contribution < -0.4 is 0 Å². The summed E-state index contributed by atoms with van der Waals surface area (Å²) in [6.07, 6.45) is 3.04. The molecule has 3 nitrogen and oxygen atoms in total. The highest BCUT2D eigenvalue weighted by molar-refractivity contribution is 9.10. The van der Waals surface area contributed by atoms with Gasteiger partial charge >= 0.3 is 5.97 Å². The molecule has 1 aromatic heterocycles. The largest absolute Gasteiger partial charge is 0.478 e. The molecule has 2 aromatic rings. The summed E-state index contributed by atoms with van der Waals surface area (Å²) >= 11 is 3.33. The third-order valence-electron chi connectivity index (χ3n) is 2.21. The van der Waals surface area contributed by atoms with Crippen molar-refractivity contribution in [2.45, 2.75) is 0 Å². The number of hydrogen-bond acceptors (Lipinski definition) is 2. The highest BCUT2D eigenvalue weighted by Crippen LogP contribution is 2.24. The van der Waals surface area contributed by atoms with Gasteiger partial charge in [0, 0.05) is 22.4 Å². The maximum Gasteiger partial charge on any atom is 0.336 e. The number of carboxylic acid groups (broad SMARTS) is 1. The van der Waals surface area contributed by atoms with Crippen molar-refractivity contribution in [3.8, 4) is 11.1 Å². The maximum atomic E-state index is 11.0. The van der Waals surface area contributed by atoms with Gasteiger partial charge in [-0.15, -0.1) is 0 Å². The molecule has 80 valence electrons. The first kappa shape index (κ1) is 10.8. The SMILES string of the molecule is O=C(O)c1ccncc1-c1ccc(Br)cc1. The number of benzene rings is 1. The molecule has 0 aliphatic carbocycles. The quantitative estimate of drug-likeness (QED) is 0.917. The van der Waals surface area contributed by atoms with E-state index in [1.807, 2.05) is 24.3 Å². The molecule has 0 aliphatic heterocycles. The summed E-state index contributed by atoms with van der Waals surface area (Å²) in [4.78, 5) is 15.0. The highest BCUT2D eigenvalue weighted by atomic mass is 79.9. The van der Waals surface area contributed by atoms with Crippen LogP contribution in [0.15, 0.2) is 47.2 Å². The smallest absolute Gasteiger partial charge is 0.336 e. The molecule has 0 amide bonds. The van der Waals surface area contributed by atoms with Crippen molar-refractivity contribution in [2.24, 2.45) is 0 Å². The molecule has 0 saturated carbocycles. The summed E-state index contributed by atoms with van der Waals surface area (Å²) < 4.78 is 0.956. The van der Waals surface area contributed by atoms with Crippen LogP contribution in [-0.2, 0) is 0 Å². The molecule has 0 spiro atoms. The molecule has 2 rings (SSSR count). The summed E-state index contributed by atoms with van der Waals surface area (Å²) in [7, 11) is 0. The minimum absolute atomic E-state index is 0.261. The molecule has 0 saturated heterocycles. The fourth-order valence-electron chi connectivity index (χ4n) is 1.44. The second-order valence-corrected chi connectivity index (χ2v) is 4.15. The Morgan fingerprint density at radius 2 is 1.88 bits per heavy atom. The van der Waals surface area contributed by atoms with Gasteiger partial charge in [0.1, 0.15) is 0 Å². The highest BCUT2D eigenvalue weighted by Gasteiger charge is 2.10. The Hall–Kier alpha value is -1.68. The average molecular weight is 278 g/mol. The van der Waals surface area contributed by atoms with Gasteiger partial charge in [0.15, 0.2) is 0 Å². The minimum Gasteiger partial charge on any atom is -0.478 e. The van der Waals surface area contributed by atoms with Gasteiger partial charge in [-0.3, -0.25) is 4.98 Å². The van der Waals surface area contributed by atoms with Crippen molar-refractivity contribution in [1.29, 1.82) is 0 Å². The molecule has 1 heterocycles. The first-order valence-corrected chi connectivity index (χ1v) is 5.41. The van der Waals surface area contributed by atoms with E-state index in [0.29, 0.717) is 5.56 Å². The Labute approximate surface area is 101 Å². The third-order valence-corrected chi connectivity index (χ3v) is 2.74. The normalized spacial score (nSPS) is 10.1. The van der Waals surface area contributed by atoms with E-state index in [4.69, 9.17) is 5.11 Å². The molecule has 0 fully saturated rings. The Morgan fingerprint density at radius 1 is 1.19 bits per heavy atom. The first-order valence-electron chi connectivity index (χ1n) is 4.62. The standard InChI is InChI=1S/C12H8BrNO2/c13-9-3-1-8(2-4-9)11-7-14-6-5-10(11)12(15)16/h1-7H,(H,15,16). The van der Waals surface area contributed by atoms with Crippen LogP contribution in [0.25, 0.3) is 11.1 Å². The number of aromatic carboxylic acids is 1. The van der Waals surface area contributed by atoms with Crippen LogP contribution in [0.5, 0.6) is 0 Å². The van der Waals surface area contributed by atoms with Gasteiger partial charge < -0.3 is 5.11 Å². The lowest BCUT2D eigenvalue weighted by molar-refractivity contribution is 0.0697. The van der Waals surface area contributed by atoms with Crippen molar-refractivity contribution in [3.05, 3.63) is 52.8 Å². The summed E-state index contributed by atoms with van der Waals surface area (Å²) in [5, 5.41) is 9.04. The van der Waals surface area contributed by atoms with Crippen LogP contribution in [-0.4, -0.2) is 16.1 Å². The first-order chi connectivity index (χ1) is 7.68. The molecule has 0 bridgehead atoms. The number of nitrogens with zero attached hydrogens (tertiary/aromatic N) is 1. The molecule has 1 aromatic carbocycles. The average Bonchev–Trinajstić information content (AvgIpc) is 2.30. The molecule has 16 heavy (non-hydrogen) atoms. The predicted molar refractivity (Wildman–Crippen MR) is 64.3 cm³/mol. The van der Waals surface area contributed by atoms with E-state index in [1.165, 1.54) is 12.3 Å². The minimum atomic E-state index is -0.944. The van der Waals surface area contributed by atoms with Crippen LogP contribution in [0, 0.1) is 0 Å². The summed E-state index contributed by atoms with van der Waals surface area (Å²) in [5.41, 5.74) is 1.73. The second-order valence-electron chi connectivity index (χ2n) is 3.23. The fourth-order valence-corrected chi connectivity index (χ4v) is 1.70. The van der Waals surface area contributed by atoms with E-state index in [0.717, 1.165) is 10.0 Å². The van der Waals surface area contributed by atoms with Crippen molar-refractivity contribution in [1.82, 2.24) is 4.98 Å². The number of carboxylic acids is 1. The van der Waals surface area contributed by atoms with Crippen LogP contribution in [0.4, 0.5) is 0 Å². The van der Waals surface area contributed by atoms with E-state index in [-0.39, 0.29) is 5.56 Å². The summed E-state index contributed by atoms with van der Waals surface area (Å²) in [6.45, 7) is 0. The Balaban J connectivity index is 2.55. The van der Waals surface area contributed by atoms with Crippen LogP contribution in [0.3, 0.4) is 0 Å². The zero-order valence-electron chi connectivity index (χ0n) is 8.22. The Bertz CT molecular complexity index is 523. The Kier molecular flexibility index (Phi) is 3.01. The molecular weight excluding hydrogens is 270 g/mol. The van der Waals surface area contributed by atoms with Crippen LogP contribution in [0.1, 0.15) is 10.4 Å². The van der Waals surface area contributed by atoms with E-state index >= 15 is 0 Å². The molecule has 0 radical (unpaired) electrons. The van der Waals surface area contributed by atoms with Gasteiger partial charge in [0.2, 0.25) is 0 Å². The lowest BCUT2D eigenvalue weighted by atomic mass is 10.0. The number of rotatable bonds is 2. The predicted octanol–water partition coefficient (Wildman–Crippen LogP) is 3.21. The molecule has 1 N–H and O–H groups in total. The maximum absolute atomic E-state index is 11.0. The van der Waals surface area contributed by atoms with Crippen molar-refractivity contribution < 1.29 is 9.90 Å². The monoisotopic (exact) mass is 277 g/mol. The van der Waals surface area contributed by atoms with Crippen LogP contribution in [0.2, 0.25) is 0 Å². The molecule has 0 aliphatic rings. The summed E-state index contributed by atoms with van der Waals surface area (Å²) in [5.74, 6) is -0.944. The number of hydrogen-bond donors (Lipinski definition) is 1. The van der Waals surface area contributed by atoms with E-state index in [1.54, 1.807) is 6.20 Å². The number of aromatic nitrogens is 1. The number of halogens is 1. The lowest BCUT2D eigenvalue weighted by Crippen LogP contribution is -1.99. The molecule has 0 unspecified atom stereocenters. The summed E-state index contributed by atoms with van der Waals surface area (Å²) in [6, 6.07) is 8.95. The zero-order chi connectivity index (χ0) is 11.5. The van der Waals surface area contributed by atoms with Crippen molar-refractivity contribution in [2.75, 3.05) is 0 Å². The molecule has 4 heteroatoms.